The van der Waals surface area contributed by atoms with Crippen LogP contribution >= 0.6 is 27.5 Å². The second-order valence-electron chi connectivity index (χ2n) is 3.58. The van der Waals surface area contributed by atoms with E-state index in [0.29, 0.717) is 10.4 Å². The fourth-order valence-electron chi connectivity index (χ4n) is 1.17. The largest absolute Gasteiger partial charge is 0.507 e. The van der Waals surface area contributed by atoms with Gasteiger partial charge in [0.05, 0.1) is 5.56 Å². The van der Waals surface area contributed by atoms with E-state index >= 15 is 0 Å². The fourth-order valence-corrected chi connectivity index (χ4v) is 1.78. The summed E-state index contributed by atoms with van der Waals surface area (Å²) < 4.78 is 0. The average molecular weight is 307 g/mol. The lowest BCUT2D eigenvalue weighted by Crippen LogP contribution is -2.36. The van der Waals surface area contributed by atoms with Gasteiger partial charge >= 0.3 is 0 Å². The van der Waals surface area contributed by atoms with Gasteiger partial charge in [0.25, 0.3) is 5.91 Å². The molecule has 1 N–H and O–H groups in total. The molecular weight excluding hydrogens is 293 g/mol. The van der Waals surface area contributed by atoms with E-state index in [4.69, 9.17) is 11.6 Å². The summed E-state index contributed by atoms with van der Waals surface area (Å²) in [5.41, 5.74) is 0.225. The average Bonchev–Trinajstić information content (AvgIpc) is 2.29. The van der Waals surface area contributed by atoms with Crippen molar-refractivity contribution in [2.45, 2.75) is 13.0 Å². The molecule has 0 radical (unpaired) electrons. The van der Waals surface area contributed by atoms with Gasteiger partial charge in [-0.05, 0) is 25.1 Å². The number of rotatable bonds is 3. The van der Waals surface area contributed by atoms with E-state index in [9.17, 15) is 9.90 Å². The summed E-state index contributed by atoms with van der Waals surface area (Å²) in [5, 5.41) is 10.7. The number of carbonyl (C=O) groups is 1. The Labute approximate surface area is 108 Å². The topological polar surface area (TPSA) is 40.5 Å². The number of alkyl halides is 1. The van der Waals surface area contributed by atoms with Crippen molar-refractivity contribution in [2.75, 3.05) is 12.4 Å². The van der Waals surface area contributed by atoms with Crippen molar-refractivity contribution in [3.8, 4) is 5.75 Å². The zero-order valence-corrected chi connectivity index (χ0v) is 11.4. The minimum absolute atomic E-state index is 0.0471. The molecule has 1 unspecified atom stereocenters. The Morgan fingerprint density at radius 3 is 2.81 bits per heavy atom. The Morgan fingerprint density at radius 2 is 2.25 bits per heavy atom. The maximum atomic E-state index is 12.0. The molecular formula is C11H13BrClNO2. The number of carbonyl (C=O) groups excluding carboxylic acids is 1. The zero-order valence-electron chi connectivity index (χ0n) is 9.08. The summed E-state index contributed by atoms with van der Waals surface area (Å²) in [6.45, 7) is 1.91. The third-order valence-electron chi connectivity index (χ3n) is 2.39. The van der Waals surface area contributed by atoms with Crippen LogP contribution in [-0.2, 0) is 0 Å². The number of benzene rings is 1. The predicted molar refractivity (Wildman–Crippen MR) is 68.5 cm³/mol. The van der Waals surface area contributed by atoms with Crippen molar-refractivity contribution in [3.05, 3.63) is 28.8 Å². The van der Waals surface area contributed by atoms with Gasteiger partial charge in [-0.1, -0.05) is 27.5 Å². The van der Waals surface area contributed by atoms with Gasteiger partial charge in [0.15, 0.2) is 0 Å². The zero-order chi connectivity index (χ0) is 12.3. The molecule has 1 rings (SSSR count). The van der Waals surface area contributed by atoms with Crippen LogP contribution in [-0.4, -0.2) is 34.3 Å². The lowest BCUT2D eigenvalue weighted by molar-refractivity contribution is 0.0755. The first-order chi connectivity index (χ1) is 7.47. The highest BCUT2D eigenvalue weighted by molar-refractivity contribution is 9.09. The number of nitrogens with zero attached hydrogens (tertiary/aromatic N) is 1. The van der Waals surface area contributed by atoms with Crippen molar-refractivity contribution >= 4 is 33.4 Å². The lowest BCUT2D eigenvalue weighted by atomic mass is 10.1. The molecule has 0 spiro atoms. The fraction of sp³-hybridized carbons (Fsp3) is 0.364. The second-order valence-corrected chi connectivity index (χ2v) is 4.66. The number of halogens is 2. The Kier molecular flexibility index (Phi) is 4.62. The summed E-state index contributed by atoms with van der Waals surface area (Å²) in [5.74, 6) is -0.296. The normalized spacial score (nSPS) is 12.2. The van der Waals surface area contributed by atoms with Crippen LogP contribution < -0.4 is 0 Å². The van der Waals surface area contributed by atoms with E-state index in [1.165, 1.54) is 12.1 Å². The van der Waals surface area contributed by atoms with Crippen LogP contribution in [0.3, 0.4) is 0 Å². The molecule has 0 aliphatic heterocycles. The van der Waals surface area contributed by atoms with Gasteiger partial charge in [-0.25, -0.2) is 0 Å². The van der Waals surface area contributed by atoms with Crippen LogP contribution in [0.1, 0.15) is 17.3 Å². The highest BCUT2D eigenvalue weighted by Crippen LogP contribution is 2.23. The molecule has 1 aromatic carbocycles. The molecule has 0 aliphatic rings. The minimum atomic E-state index is -0.244. The van der Waals surface area contributed by atoms with E-state index in [-0.39, 0.29) is 23.3 Å². The first-order valence-corrected chi connectivity index (χ1v) is 6.29. The smallest absolute Gasteiger partial charge is 0.257 e. The highest BCUT2D eigenvalue weighted by atomic mass is 79.9. The summed E-state index contributed by atoms with van der Waals surface area (Å²) in [6, 6.07) is 4.48. The highest BCUT2D eigenvalue weighted by Gasteiger charge is 2.19. The van der Waals surface area contributed by atoms with Crippen molar-refractivity contribution in [1.82, 2.24) is 4.90 Å². The number of phenols is 1. The van der Waals surface area contributed by atoms with Crippen molar-refractivity contribution in [1.29, 1.82) is 0 Å². The van der Waals surface area contributed by atoms with Gasteiger partial charge < -0.3 is 10.0 Å². The van der Waals surface area contributed by atoms with E-state index in [2.05, 4.69) is 15.9 Å². The molecule has 0 heterocycles. The van der Waals surface area contributed by atoms with Gasteiger partial charge in [-0.15, -0.1) is 0 Å². The monoisotopic (exact) mass is 305 g/mol. The molecule has 16 heavy (non-hydrogen) atoms. The molecule has 0 saturated heterocycles. The SMILES string of the molecule is CC(CBr)N(C)C(=O)c1cc(Cl)ccc1O. The molecule has 1 aromatic rings. The summed E-state index contributed by atoms with van der Waals surface area (Å²) in [7, 11) is 1.69. The molecule has 5 heteroatoms. The molecule has 0 fully saturated rings. The molecule has 1 atom stereocenters. The molecule has 3 nitrogen and oxygen atoms in total. The van der Waals surface area contributed by atoms with Crippen LogP contribution in [0, 0.1) is 0 Å². The first kappa shape index (κ1) is 13.3. The van der Waals surface area contributed by atoms with E-state index < -0.39 is 0 Å². The number of phenolic OH excluding ortho intramolecular Hbond substituents is 1. The maximum absolute atomic E-state index is 12.0. The van der Waals surface area contributed by atoms with Crippen LogP contribution in [0.25, 0.3) is 0 Å². The van der Waals surface area contributed by atoms with Gasteiger partial charge in [0, 0.05) is 23.4 Å². The number of hydrogen-bond donors (Lipinski definition) is 1. The molecule has 0 aromatic heterocycles. The number of hydrogen-bond acceptors (Lipinski definition) is 2. The number of amides is 1. The van der Waals surface area contributed by atoms with E-state index in [0.717, 1.165) is 0 Å². The van der Waals surface area contributed by atoms with Crippen LogP contribution in [0.15, 0.2) is 18.2 Å². The van der Waals surface area contributed by atoms with Gasteiger partial charge in [0.1, 0.15) is 5.75 Å². The van der Waals surface area contributed by atoms with Crippen LogP contribution in [0.2, 0.25) is 5.02 Å². The lowest BCUT2D eigenvalue weighted by Gasteiger charge is -2.23. The predicted octanol–water partition coefficient (Wildman–Crippen LogP) is 2.90. The minimum Gasteiger partial charge on any atom is -0.507 e. The third kappa shape index (κ3) is 2.89. The van der Waals surface area contributed by atoms with Crippen molar-refractivity contribution < 1.29 is 9.90 Å². The Balaban J connectivity index is 3.00. The van der Waals surface area contributed by atoms with Gasteiger partial charge in [0.2, 0.25) is 0 Å². The van der Waals surface area contributed by atoms with E-state index in [1.54, 1.807) is 18.0 Å². The number of aromatic hydroxyl groups is 1. The first-order valence-electron chi connectivity index (χ1n) is 4.79. The van der Waals surface area contributed by atoms with Crippen molar-refractivity contribution in [3.63, 3.8) is 0 Å². The Bertz CT molecular complexity index is 398. The maximum Gasteiger partial charge on any atom is 0.257 e. The van der Waals surface area contributed by atoms with Gasteiger partial charge in [-0.3, -0.25) is 4.79 Å². The van der Waals surface area contributed by atoms with Crippen LogP contribution in [0.5, 0.6) is 5.75 Å². The molecule has 0 bridgehead atoms. The standard InChI is InChI=1S/C11H13BrClNO2/c1-7(6-12)14(2)11(16)9-5-8(13)3-4-10(9)15/h3-5,7,15H,6H2,1-2H3. The van der Waals surface area contributed by atoms with E-state index in [1.807, 2.05) is 6.92 Å². The van der Waals surface area contributed by atoms with Crippen LogP contribution in [0.4, 0.5) is 0 Å². The molecule has 0 aliphatic carbocycles. The summed E-state index contributed by atoms with van der Waals surface area (Å²) >= 11 is 9.09. The summed E-state index contributed by atoms with van der Waals surface area (Å²) in [6.07, 6.45) is 0. The molecule has 0 saturated carbocycles. The summed E-state index contributed by atoms with van der Waals surface area (Å²) in [4.78, 5) is 13.6. The second kappa shape index (κ2) is 5.55. The Hall–Kier alpha value is -0.740. The van der Waals surface area contributed by atoms with Gasteiger partial charge in [-0.2, -0.15) is 0 Å². The quantitative estimate of drug-likeness (QED) is 0.872. The molecule has 1 amide bonds. The Morgan fingerprint density at radius 1 is 1.62 bits per heavy atom. The van der Waals surface area contributed by atoms with Crippen molar-refractivity contribution in [2.24, 2.45) is 0 Å². The molecule has 88 valence electrons. The third-order valence-corrected chi connectivity index (χ3v) is 3.57.